The predicted octanol–water partition coefficient (Wildman–Crippen LogP) is 1.06. The lowest BCUT2D eigenvalue weighted by Gasteiger charge is -2.34. The van der Waals surface area contributed by atoms with Crippen LogP contribution in [0.5, 0.6) is 5.75 Å². The van der Waals surface area contributed by atoms with Gasteiger partial charge in [0.05, 0.1) is 33.3 Å². The standard InChI is InChI=1S/C21H27N3O2/c1-22(16-18-6-4-3-5-7-18)21(25)17-23-12-14-24(15-13-23)19-8-10-20(26-2)11-9-19/h3-11H,12-17H2,1-2H3/p+1. The van der Waals surface area contributed by atoms with Gasteiger partial charge in [-0.1, -0.05) is 30.3 Å². The molecule has 0 unspecified atom stereocenters. The molecule has 2 aromatic carbocycles. The second kappa shape index (κ2) is 8.72. The molecule has 0 bridgehead atoms. The number of carbonyl (C=O) groups excluding carboxylic acids is 1. The van der Waals surface area contributed by atoms with Crippen LogP contribution in [0.25, 0.3) is 0 Å². The van der Waals surface area contributed by atoms with Crippen molar-refractivity contribution < 1.29 is 14.4 Å². The van der Waals surface area contributed by atoms with Gasteiger partial charge in [-0.25, -0.2) is 0 Å². The molecule has 1 aliphatic rings. The highest BCUT2D eigenvalue weighted by Gasteiger charge is 2.23. The maximum absolute atomic E-state index is 12.5. The van der Waals surface area contributed by atoms with Crippen LogP contribution in [0.4, 0.5) is 5.69 Å². The second-order valence-corrected chi connectivity index (χ2v) is 6.85. The molecule has 2 aromatic rings. The average molecular weight is 354 g/mol. The molecular formula is C21H28N3O2+. The van der Waals surface area contributed by atoms with Gasteiger partial charge in [0.25, 0.3) is 5.91 Å². The number of likely N-dealkylation sites (N-methyl/N-ethyl adjacent to an activating group) is 1. The number of nitrogens with zero attached hydrogens (tertiary/aromatic N) is 2. The number of benzene rings is 2. The van der Waals surface area contributed by atoms with E-state index in [-0.39, 0.29) is 5.91 Å². The first-order valence-electron chi connectivity index (χ1n) is 9.16. The Bertz CT molecular complexity index is 695. The highest BCUT2D eigenvalue weighted by molar-refractivity contribution is 5.76. The molecule has 0 radical (unpaired) electrons. The van der Waals surface area contributed by atoms with E-state index in [1.165, 1.54) is 16.2 Å². The summed E-state index contributed by atoms with van der Waals surface area (Å²) < 4.78 is 5.22. The van der Waals surface area contributed by atoms with Gasteiger partial charge in [-0.3, -0.25) is 4.79 Å². The molecule has 138 valence electrons. The Labute approximate surface area is 155 Å². The molecule has 0 aromatic heterocycles. The Hall–Kier alpha value is -2.53. The van der Waals surface area contributed by atoms with Gasteiger partial charge >= 0.3 is 0 Å². The molecule has 1 aliphatic heterocycles. The molecule has 0 atom stereocenters. The molecule has 1 fully saturated rings. The zero-order chi connectivity index (χ0) is 18.4. The Kier molecular flexibility index (Phi) is 6.12. The lowest BCUT2D eigenvalue weighted by atomic mass is 10.2. The Morgan fingerprint density at radius 1 is 1.08 bits per heavy atom. The summed E-state index contributed by atoms with van der Waals surface area (Å²) in [6, 6.07) is 18.3. The van der Waals surface area contributed by atoms with E-state index in [0.29, 0.717) is 13.1 Å². The van der Waals surface area contributed by atoms with E-state index in [0.717, 1.165) is 31.9 Å². The summed E-state index contributed by atoms with van der Waals surface area (Å²) in [5.41, 5.74) is 2.39. The first-order valence-corrected chi connectivity index (χ1v) is 9.16. The molecule has 0 spiro atoms. The van der Waals surface area contributed by atoms with Crippen molar-refractivity contribution in [2.24, 2.45) is 0 Å². The number of ether oxygens (including phenoxy) is 1. The molecule has 0 saturated carbocycles. The average Bonchev–Trinajstić information content (AvgIpc) is 2.69. The SMILES string of the molecule is COc1ccc(N2CC[NH+](CC(=O)N(C)Cc3ccccc3)CC2)cc1. The Balaban J connectivity index is 1.46. The third-order valence-electron chi connectivity index (χ3n) is 5.00. The van der Waals surface area contributed by atoms with Gasteiger partial charge in [-0.05, 0) is 29.8 Å². The van der Waals surface area contributed by atoms with Crippen LogP contribution < -0.4 is 14.5 Å². The zero-order valence-electron chi connectivity index (χ0n) is 15.6. The summed E-state index contributed by atoms with van der Waals surface area (Å²) in [5, 5.41) is 0. The summed E-state index contributed by atoms with van der Waals surface area (Å²) in [6.07, 6.45) is 0. The van der Waals surface area contributed by atoms with Gasteiger partial charge < -0.3 is 19.4 Å². The summed E-state index contributed by atoms with van der Waals surface area (Å²) in [6.45, 7) is 5.15. The van der Waals surface area contributed by atoms with Crippen LogP contribution in [-0.4, -0.2) is 57.7 Å². The first-order chi connectivity index (χ1) is 12.7. The summed E-state index contributed by atoms with van der Waals surface area (Å²) in [7, 11) is 3.57. The van der Waals surface area contributed by atoms with Gasteiger partial charge in [0.2, 0.25) is 0 Å². The Morgan fingerprint density at radius 2 is 1.73 bits per heavy atom. The van der Waals surface area contributed by atoms with E-state index in [1.54, 1.807) is 7.11 Å². The fourth-order valence-electron chi connectivity index (χ4n) is 3.35. The van der Waals surface area contributed by atoms with Crippen LogP contribution in [-0.2, 0) is 11.3 Å². The molecule has 1 heterocycles. The van der Waals surface area contributed by atoms with Crippen molar-refractivity contribution >= 4 is 11.6 Å². The van der Waals surface area contributed by atoms with Crippen LogP contribution >= 0.6 is 0 Å². The second-order valence-electron chi connectivity index (χ2n) is 6.85. The van der Waals surface area contributed by atoms with Crippen LogP contribution in [0.2, 0.25) is 0 Å². The van der Waals surface area contributed by atoms with Crippen LogP contribution in [0.1, 0.15) is 5.56 Å². The smallest absolute Gasteiger partial charge is 0.277 e. The minimum absolute atomic E-state index is 0.210. The predicted molar refractivity (Wildman–Crippen MR) is 104 cm³/mol. The summed E-state index contributed by atoms with van der Waals surface area (Å²) in [4.78, 5) is 18.1. The third kappa shape index (κ3) is 4.76. The lowest BCUT2D eigenvalue weighted by Crippen LogP contribution is -3.15. The van der Waals surface area contributed by atoms with Crippen molar-refractivity contribution in [2.45, 2.75) is 6.54 Å². The van der Waals surface area contributed by atoms with Crippen molar-refractivity contribution in [3.8, 4) is 5.75 Å². The fraction of sp³-hybridized carbons (Fsp3) is 0.381. The van der Waals surface area contributed by atoms with Crippen LogP contribution in [0.15, 0.2) is 54.6 Å². The quantitative estimate of drug-likeness (QED) is 0.843. The van der Waals surface area contributed by atoms with Crippen molar-refractivity contribution in [3.63, 3.8) is 0 Å². The summed E-state index contributed by atoms with van der Waals surface area (Å²) >= 11 is 0. The van der Waals surface area contributed by atoms with E-state index in [1.807, 2.05) is 42.3 Å². The van der Waals surface area contributed by atoms with Crippen LogP contribution in [0.3, 0.4) is 0 Å². The molecular weight excluding hydrogens is 326 g/mol. The monoisotopic (exact) mass is 354 g/mol. The first kappa shape index (κ1) is 18.3. The van der Waals surface area contributed by atoms with Gasteiger partial charge in [-0.2, -0.15) is 0 Å². The number of anilines is 1. The number of rotatable bonds is 6. The molecule has 1 N–H and O–H groups in total. The number of quaternary nitrogens is 1. The van der Waals surface area contributed by atoms with Crippen LogP contribution in [0, 0.1) is 0 Å². The molecule has 26 heavy (non-hydrogen) atoms. The Morgan fingerprint density at radius 3 is 2.35 bits per heavy atom. The van der Waals surface area contributed by atoms with Gasteiger partial charge in [0.15, 0.2) is 6.54 Å². The maximum atomic E-state index is 12.5. The fourth-order valence-corrected chi connectivity index (χ4v) is 3.35. The highest BCUT2D eigenvalue weighted by Crippen LogP contribution is 2.18. The van der Waals surface area contributed by atoms with Crippen molar-refractivity contribution in [1.82, 2.24) is 4.90 Å². The van der Waals surface area contributed by atoms with Gasteiger partial charge in [-0.15, -0.1) is 0 Å². The van der Waals surface area contributed by atoms with Gasteiger partial charge in [0, 0.05) is 19.3 Å². The third-order valence-corrected chi connectivity index (χ3v) is 5.00. The van der Waals surface area contributed by atoms with E-state index in [4.69, 9.17) is 4.74 Å². The number of amides is 1. The number of methoxy groups -OCH3 is 1. The number of piperazine rings is 1. The number of nitrogens with one attached hydrogen (secondary N) is 1. The number of hydrogen-bond donors (Lipinski definition) is 1. The normalized spacial score (nSPS) is 14.9. The molecule has 5 heteroatoms. The van der Waals surface area contributed by atoms with E-state index < -0.39 is 0 Å². The minimum atomic E-state index is 0.210. The molecule has 1 amide bonds. The maximum Gasteiger partial charge on any atom is 0.277 e. The van der Waals surface area contributed by atoms with E-state index in [2.05, 4.69) is 29.2 Å². The molecule has 3 rings (SSSR count). The zero-order valence-corrected chi connectivity index (χ0v) is 15.6. The van der Waals surface area contributed by atoms with Crippen molar-refractivity contribution in [1.29, 1.82) is 0 Å². The highest BCUT2D eigenvalue weighted by atomic mass is 16.5. The summed E-state index contributed by atoms with van der Waals surface area (Å²) in [5.74, 6) is 1.09. The minimum Gasteiger partial charge on any atom is -0.497 e. The number of carbonyl (C=O) groups is 1. The van der Waals surface area contributed by atoms with Crippen molar-refractivity contribution in [2.75, 3.05) is 51.8 Å². The molecule has 0 aliphatic carbocycles. The van der Waals surface area contributed by atoms with Crippen molar-refractivity contribution in [3.05, 3.63) is 60.2 Å². The van der Waals surface area contributed by atoms with E-state index >= 15 is 0 Å². The molecule has 1 saturated heterocycles. The lowest BCUT2D eigenvalue weighted by molar-refractivity contribution is -0.892. The number of hydrogen-bond acceptors (Lipinski definition) is 3. The van der Waals surface area contributed by atoms with E-state index in [9.17, 15) is 4.79 Å². The largest absolute Gasteiger partial charge is 0.497 e. The van der Waals surface area contributed by atoms with Gasteiger partial charge in [0.1, 0.15) is 5.75 Å². The molecule has 5 nitrogen and oxygen atoms in total. The topological polar surface area (TPSA) is 37.2 Å².